The average molecular weight is 213 g/mol. The molecule has 4 heteroatoms. The molecule has 1 N–H and O–H groups in total. The minimum atomic E-state index is -0.833. The van der Waals surface area contributed by atoms with Crippen LogP contribution in [0.4, 0.5) is 0 Å². The third-order valence-electron chi connectivity index (χ3n) is 3.01. The van der Waals surface area contributed by atoms with Crippen molar-refractivity contribution in [3.05, 3.63) is 0 Å². The highest BCUT2D eigenvalue weighted by atomic mass is 16.4. The second-order valence-electron chi connectivity index (χ2n) is 4.51. The summed E-state index contributed by atoms with van der Waals surface area (Å²) in [5, 5.41) is 8.78. The number of carbonyl (C=O) groups is 2. The van der Waals surface area contributed by atoms with Gasteiger partial charge >= 0.3 is 5.97 Å². The number of carboxylic acids is 1. The van der Waals surface area contributed by atoms with Gasteiger partial charge in [0.1, 0.15) is 0 Å². The molecule has 0 aromatic carbocycles. The van der Waals surface area contributed by atoms with Crippen molar-refractivity contribution < 1.29 is 14.7 Å². The van der Waals surface area contributed by atoms with Crippen molar-refractivity contribution in [1.82, 2.24) is 4.90 Å². The van der Waals surface area contributed by atoms with Crippen LogP contribution in [0.25, 0.3) is 0 Å². The van der Waals surface area contributed by atoms with Crippen LogP contribution in [0.1, 0.15) is 33.1 Å². The molecule has 0 saturated carbocycles. The first kappa shape index (κ1) is 12.0. The highest BCUT2D eigenvalue weighted by molar-refractivity contribution is 5.77. The summed E-state index contributed by atoms with van der Waals surface area (Å²) < 4.78 is 0. The van der Waals surface area contributed by atoms with Crippen LogP contribution in [0.5, 0.6) is 0 Å². The molecule has 4 nitrogen and oxygen atoms in total. The molecule has 2 unspecified atom stereocenters. The average Bonchev–Trinajstić information content (AvgIpc) is 2.32. The molecule has 86 valence electrons. The third-order valence-corrected chi connectivity index (χ3v) is 3.01. The second kappa shape index (κ2) is 5.14. The molecule has 0 aromatic heterocycles. The van der Waals surface area contributed by atoms with Crippen LogP contribution in [-0.2, 0) is 9.59 Å². The lowest BCUT2D eigenvalue weighted by Crippen LogP contribution is -2.36. The second-order valence-corrected chi connectivity index (χ2v) is 4.51. The Morgan fingerprint density at radius 3 is 2.87 bits per heavy atom. The van der Waals surface area contributed by atoms with Gasteiger partial charge in [-0.1, -0.05) is 13.8 Å². The normalized spacial score (nSPS) is 24.8. The van der Waals surface area contributed by atoms with E-state index in [1.807, 2.05) is 0 Å². The maximum atomic E-state index is 11.7. The van der Waals surface area contributed by atoms with Gasteiger partial charge in [-0.3, -0.25) is 9.59 Å². The van der Waals surface area contributed by atoms with E-state index in [0.717, 1.165) is 12.8 Å². The molecular formula is C11H19NO3. The first-order valence-electron chi connectivity index (χ1n) is 5.51. The van der Waals surface area contributed by atoms with Crippen molar-refractivity contribution in [3.8, 4) is 0 Å². The van der Waals surface area contributed by atoms with Crippen molar-refractivity contribution in [3.63, 3.8) is 0 Å². The minimum Gasteiger partial charge on any atom is -0.481 e. The Hall–Kier alpha value is -1.06. The maximum absolute atomic E-state index is 11.7. The van der Waals surface area contributed by atoms with Crippen LogP contribution >= 0.6 is 0 Å². The number of carboxylic acid groups (broad SMARTS) is 1. The van der Waals surface area contributed by atoms with Crippen molar-refractivity contribution >= 4 is 11.9 Å². The predicted molar refractivity (Wildman–Crippen MR) is 56.4 cm³/mol. The first-order valence-corrected chi connectivity index (χ1v) is 5.51. The van der Waals surface area contributed by atoms with Crippen LogP contribution < -0.4 is 0 Å². The molecule has 1 heterocycles. The lowest BCUT2D eigenvalue weighted by molar-refractivity contribution is -0.143. The molecule has 1 aliphatic heterocycles. The molecule has 0 aliphatic carbocycles. The maximum Gasteiger partial charge on any atom is 0.308 e. The summed E-state index contributed by atoms with van der Waals surface area (Å²) in [6.45, 7) is 4.83. The standard InChI is InChI=1S/C11H19NO3/c1-8-3-4-10(13)12(6-5-8)7-9(2)11(14)15/h8-9H,3-7H2,1-2H3,(H,14,15). The summed E-state index contributed by atoms with van der Waals surface area (Å²) in [5.41, 5.74) is 0. The van der Waals surface area contributed by atoms with Crippen molar-refractivity contribution in [1.29, 1.82) is 0 Å². The number of rotatable bonds is 3. The van der Waals surface area contributed by atoms with E-state index in [4.69, 9.17) is 5.11 Å². The summed E-state index contributed by atoms with van der Waals surface area (Å²) in [5.74, 6) is -0.631. The molecule has 15 heavy (non-hydrogen) atoms. The van der Waals surface area contributed by atoms with Gasteiger partial charge in [-0.15, -0.1) is 0 Å². The molecular weight excluding hydrogens is 194 g/mol. The van der Waals surface area contributed by atoms with Gasteiger partial charge in [0.25, 0.3) is 0 Å². The zero-order chi connectivity index (χ0) is 11.4. The van der Waals surface area contributed by atoms with E-state index in [1.165, 1.54) is 0 Å². The SMILES string of the molecule is CC1CCC(=O)N(CC(C)C(=O)O)CC1. The number of hydrogen-bond acceptors (Lipinski definition) is 2. The highest BCUT2D eigenvalue weighted by Crippen LogP contribution is 2.18. The van der Waals surface area contributed by atoms with Crippen LogP contribution in [-0.4, -0.2) is 35.0 Å². The molecule has 1 saturated heterocycles. The van der Waals surface area contributed by atoms with Gasteiger partial charge in [-0.25, -0.2) is 0 Å². The molecule has 1 rings (SSSR count). The van der Waals surface area contributed by atoms with E-state index >= 15 is 0 Å². The molecule has 0 radical (unpaired) electrons. The zero-order valence-corrected chi connectivity index (χ0v) is 9.40. The number of aliphatic carboxylic acids is 1. The molecule has 0 spiro atoms. The molecule has 2 atom stereocenters. The predicted octanol–water partition coefficient (Wildman–Crippen LogP) is 1.36. The van der Waals surface area contributed by atoms with Gasteiger partial charge in [-0.05, 0) is 18.8 Å². The Morgan fingerprint density at radius 1 is 1.60 bits per heavy atom. The lowest BCUT2D eigenvalue weighted by Gasteiger charge is -2.22. The zero-order valence-electron chi connectivity index (χ0n) is 9.40. The van der Waals surface area contributed by atoms with Crippen LogP contribution in [0.15, 0.2) is 0 Å². The fourth-order valence-corrected chi connectivity index (χ4v) is 1.78. The molecule has 1 aliphatic rings. The Kier molecular flexibility index (Phi) is 4.12. The third kappa shape index (κ3) is 3.53. The van der Waals surface area contributed by atoms with Gasteiger partial charge in [0, 0.05) is 19.5 Å². The number of amides is 1. The van der Waals surface area contributed by atoms with Crippen molar-refractivity contribution in [2.24, 2.45) is 11.8 Å². The lowest BCUT2D eigenvalue weighted by atomic mass is 10.0. The quantitative estimate of drug-likeness (QED) is 0.770. The monoisotopic (exact) mass is 213 g/mol. The van der Waals surface area contributed by atoms with Gasteiger partial charge in [0.15, 0.2) is 0 Å². The summed E-state index contributed by atoms with van der Waals surface area (Å²) in [6.07, 6.45) is 2.47. The van der Waals surface area contributed by atoms with E-state index in [0.29, 0.717) is 25.4 Å². The molecule has 1 amide bonds. The smallest absolute Gasteiger partial charge is 0.308 e. The van der Waals surface area contributed by atoms with E-state index in [-0.39, 0.29) is 5.91 Å². The Morgan fingerprint density at radius 2 is 2.27 bits per heavy atom. The van der Waals surface area contributed by atoms with E-state index in [2.05, 4.69) is 6.92 Å². The Bertz CT molecular complexity index is 252. The van der Waals surface area contributed by atoms with Crippen LogP contribution in [0.3, 0.4) is 0 Å². The Balaban J connectivity index is 2.52. The van der Waals surface area contributed by atoms with E-state index in [9.17, 15) is 9.59 Å². The highest BCUT2D eigenvalue weighted by Gasteiger charge is 2.23. The van der Waals surface area contributed by atoms with Crippen LogP contribution in [0, 0.1) is 11.8 Å². The van der Waals surface area contributed by atoms with Gasteiger partial charge in [0.2, 0.25) is 5.91 Å². The number of hydrogen-bond donors (Lipinski definition) is 1. The van der Waals surface area contributed by atoms with Crippen molar-refractivity contribution in [2.75, 3.05) is 13.1 Å². The summed E-state index contributed by atoms with van der Waals surface area (Å²) in [7, 11) is 0. The van der Waals surface area contributed by atoms with Gasteiger partial charge < -0.3 is 10.0 Å². The topological polar surface area (TPSA) is 57.6 Å². The largest absolute Gasteiger partial charge is 0.481 e. The minimum absolute atomic E-state index is 0.104. The molecule has 0 aromatic rings. The van der Waals surface area contributed by atoms with Crippen molar-refractivity contribution in [2.45, 2.75) is 33.1 Å². The van der Waals surface area contributed by atoms with Gasteiger partial charge in [0.05, 0.1) is 5.92 Å². The number of likely N-dealkylation sites (tertiary alicyclic amines) is 1. The summed E-state index contributed by atoms with van der Waals surface area (Å²) >= 11 is 0. The first-order chi connectivity index (χ1) is 7.00. The summed E-state index contributed by atoms with van der Waals surface area (Å²) in [4.78, 5) is 24.0. The number of carbonyl (C=O) groups excluding carboxylic acids is 1. The number of nitrogens with zero attached hydrogens (tertiary/aromatic N) is 1. The fraction of sp³-hybridized carbons (Fsp3) is 0.818. The molecule has 0 bridgehead atoms. The van der Waals surface area contributed by atoms with E-state index in [1.54, 1.807) is 11.8 Å². The Labute approximate surface area is 90.3 Å². The fourth-order valence-electron chi connectivity index (χ4n) is 1.78. The molecule has 1 fully saturated rings. The van der Waals surface area contributed by atoms with Gasteiger partial charge in [-0.2, -0.15) is 0 Å². The van der Waals surface area contributed by atoms with E-state index < -0.39 is 11.9 Å². The summed E-state index contributed by atoms with van der Waals surface area (Å²) in [6, 6.07) is 0. The van der Waals surface area contributed by atoms with Crippen LogP contribution in [0.2, 0.25) is 0 Å².